The molecule has 1 aliphatic rings. The minimum absolute atomic E-state index is 0.117. The third-order valence-electron chi connectivity index (χ3n) is 4.44. The number of amides is 1. The molecule has 0 saturated heterocycles. The van der Waals surface area contributed by atoms with Gasteiger partial charge in [0.25, 0.3) is 0 Å². The highest BCUT2D eigenvalue weighted by Gasteiger charge is 2.51. The van der Waals surface area contributed by atoms with Crippen molar-refractivity contribution < 1.29 is 4.79 Å². The minimum Gasteiger partial charge on any atom is -0.351 e. The second-order valence-corrected chi connectivity index (χ2v) is 6.94. The molecule has 4 nitrogen and oxygen atoms in total. The van der Waals surface area contributed by atoms with E-state index in [2.05, 4.69) is 21.4 Å². The Bertz CT molecular complexity index is 842. The van der Waals surface area contributed by atoms with Crippen molar-refractivity contribution in [1.82, 2.24) is 15.3 Å². The van der Waals surface area contributed by atoms with E-state index in [0.29, 0.717) is 6.54 Å². The lowest BCUT2D eigenvalue weighted by Gasteiger charge is -2.15. The average molecular weight is 335 g/mol. The van der Waals surface area contributed by atoms with Gasteiger partial charge in [-0.15, -0.1) is 11.3 Å². The number of pyridine rings is 2. The zero-order valence-corrected chi connectivity index (χ0v) is 13.9. The molecule has 0 bridgehead atoms. The SMILES string of the molecule is O=C(NCc1cccnc1-c1cccnc1)C1(c2cccs2)CC1. The summed E-state index contributed by atoms with van der Waals surface area (Å²) in [5, 5.41) is 5.14. The predicted molar refractivity (Wildman–Crippen MR) is 94.5 cm³/mol. The van der Waals surface area contributed by atoms with Crippen LogP contribution in [0.25, 0.3) is 11.3 Å². The van der Waals surface area contributed by atoms with Crippen LogP contribution in [0.2, 0.25) is 0 Å². The van der Waals surface area contributed by atoms with Gasteiger partial charge in [0.15, 0.2) is 0 Å². The number of aromatic nitrogens is 2. The lowest BCUT2D eigenvalue weighted by atomic mass is 10.0. The highest BCUT2D eigenvalue weighted by molar-refractivity contribution is 7.10. The summed E-state index contributed by atoms with van der Waals surface area (Å²) in [4.78, 5) is 22.5. The van der Waals surface area contributed by atoms with Gasteiger partial charge in [0.05, 0.1) is 11.1 Å². The highest BCUT2D eigenvalue weighted by Crippen LogP contribution is 2.50. The summed E-state index contributed by atoms with van der Waals surface area (Å²) in [5.41, 5.74) is 2.53. The maximum absolute atomic E-state index is 12.7. The van der Waals surface area contributed by atoms with Crippen LogP contribution >= 0.6 is 11.3 Å². The monoisotopic (exact) mass is 335 g/mol. The van der Waals surface area contributed by atoms with Gasteiger partial charge in [-0.3, -0.25) is 14.8 Å². The molecule has 1 amide bonds. The first kappa shape index (κ1) is 15.0. The maximum atomic E-state index is 12.7. The molecule has 120 valence electrons. The molecule has 1 N–H and O–H groups in total. The van der Waals surface area contributed by atoms with Crippen LogP contribution in [0.5, 0.6) is 0 Å². The molecule has 4 rings (SSSR count). The standard InChI is InChI=1S/C19H17N3OS/c23-18(19(7-8-19)16-6-3-11-24-16)22-13-15-5-2-10-21-17(15)14-4-1-9-20-12-14/h1-6,9-12H,7-8,13H2,(H,22,23). The largest absolute Gasteiger partial charge is 0.351 e. The van der Waals surface area contributed by atoms with Crippen LogP contribution in [-0.4, -0.2) is 15.9 Å². The molecular weight excluding hydrogens is 318 g/mol. The Kier molecular flexibility index (Phi) is 3.86. The van der Waals surface area contributed by atoms with Crippen LogP contribution in [0.15, 0.2) is 60.4 Å². The van der Waals surface area contributed by atoms with Crippen LogP contribution in [0.3, 0.4) is 0 Å². The van der Waals surface area contributed by atoms with Gasteiger partial charge in [-0.25, -0.2) is 0 Å². The zero-order chi connectivity index (χ0) is 16.4. The summed E-state index contributed by atoms with van der Waals surface area (Å²) in [7, 11) is 0. The van der Waals surface area contributed by atoms with Gasteiger partial charge in [0.1, 0.15) is 0 Å². The molecule has 0 radical (unpaired) electrons. The smallest absolute Gasteiger partial charge is 0.231 e. The van der Waals surface area contributed by atoms with Gasteiger partial charge in [0.2, 0.25) is 5.91 Å². The Labute approximate surface area is 144 Å². The number of hydrogen-bond donors (Lipinski definition) is 1. The fraction of sp³-hybridized carbons (Fsp3) is 0.211. The van der Waals surface area contributed by atoms with E-state index in [4.69, 9.17) is 0 Å². The molecule has 0 spiro atoms. The topological polar surface area (TPSA) is 54.9 Å². The number of hydrogen-bond acceptors (Lipinski definition) is 4. The lowest BCUT2D eigenvalue weighted by Crippen LogP contribution is -2.33. The molecule has 5 heteroatoms. The van der Waals surface area contributed by atoms with Crippen molar-refractivity contribution >= 4 is 17.2 Å². The Morgan fingerprint density at radius 2 is 2.04 bits per heavy atom. The van der Waals surface area contributed by atoms with Gasteiger partial charge in [-0.05, 0) is 48.1 Å². The van der Waals surface area contributed by atoms with Gasteiger partial charge >= 0.3 is 0 Å². The van der Waals surface area contributed by atoms with Crippen LogP contribution in [0, 0.1) is 0 Å². The molecule has 0 atom stereocenters. The first-order valence-electron chi connectivity index (χ1n) is 7.96. The third-order valence-corrected chi connectivity index (χ3v) is 5.52. The van der Waals surface area contributed by atoms with E-state index in [9.17, 15) is 4.79 Å². The number of nitrogens with zero attached hydrogens (tertiary/aromatic N) is 2. The van der Waals surface area contributed by atoms with E-state index < -0.39 is 0 Å². The van der Waals surface area contributed by atoms with Crippen LogP contribution < -0.4 is 5.32 Å². The van der Waals surface area contributed by atoms with E-state index in [1.54, 1.807) is 29.9 Å². The van der Waals surface area contributed by atoms with Crippen molar-refractivity contribution in [3.05, 3.63) is 70.8 Å². The molecule has 3 heterocycles. The molecule has 1 aliphatic carbocycles. The first-order valence-corrected chi connectivity index (χ1v) is 8.84. The number of carbonyl (C=O) groups is 1. The zero-order valence-electron chi connectivity index (χ0n) is 13.1. The molecule has 0 unspecified atom stereocenters. The van der Waals surface area contributed by atoms with Gasteiger partial charge < -0.3 is 5.32 Å². The fourth-order valence-corrected chi connectivity index (χ4v) is 3.93. The summed E-state index contributed by atoms with van der Waals surface area (Å²) in [6.45, 7) is 0.476. The van der Waals surface area contributed by atoms with E-state index in [1.165, 1.54) is 4.88 Å². The van der Waals surface area contributed by atoms with E-state index in [1.807, 2.05) is 35.7 Å². The van der Waals surface area contributed by atoms with Gasteiger partial charge in [-0.1, -0.05) is 12.1 Å². The Hall–Kier alpha value is -2.53. The van der Waals surface area contributed by atoms with Crippen LogP contribution in [0.1, 0.15) is 23.3 Å². The van der Waals surface area contributed by atoms with Crippen molar-refractivity contribution in [3.63, 3.8) is 0 Å². The summed E-state index contributed by atoms with van der Waals surface area (Å²) in [6.07, 6.45) is 7.17. The molecule has 3 aromatic heterocycles. The van der Waals surface area contributed by atoms with Crippen LogP contribution in [0.4, 0.5) is 0 Å². The van der Waals surface area contributed by atoms with E-state index >= 15 is 0 Å². The second kappa shape index (κ2) is 6.17. The normalized spacial score (nSPS) is 15.0. The van der Waals surface area contributed by atoms with E-state index in [0.717, 1.165) is 29.7 Å². The molecule has 1 fully saturated rings. The number of rotatable bonds is 5. The Morgan fingerprint density at radius 3 is 2.75 bits per heavy atom. The average Bonchev–Trinajstić information content (AvgIpc) is 3.27. The van der Waals surface area contributed by atoms with Crippen molar-refractivity contribution in [2.24, 2.45) is 0 Å². The Balaban J connectivity index is 1.52. The minimum atomic E-state index is -0.301. The summed E-state index contributed by atoms with van der Waals surface area (Å²) in [5.74, 6) is 0.117. The molecular formula is C19H17N3OS. The summed E-state index contributed by atoms with van der Waals surface area (Å²) < 4.78 is 0. The van der Waals surface area contributed by atoms with Crippen molar-refractivity contribution in [3.8, 4) is 11.3 Å². The highest BCUT2D eigenvalue weighted by atomic mass is 32.1. The quantitative estimate of drug-likeness (QED) is 0.776. The number of nitrogens with one attached hydrogen (secondary N) is 1. The molecule has 1 saturated carbocycles. The fourth-order valence-electron chi connectivity index (χ4n) is 2.95. The molecule has 3 aromatic rings. The number of carbonyl (C=O) groups excluding carboxylic acids is 1. The summed E-state index contributed by atoms with van der Waals surface area (Å²) in [6, 6.07) is 11.8. The molecule has 0 aliphatic heterocycles. The number of thiophene rings is 1. The summed E-state index contributed by atoms with van der Waals surface area (Å²) >= 11 is 1.66. The molecule has 24 heavy (non-hydrogen) atoms. The van der Waals surface area contributed by atoms with Crippen molar-refractivity contribution in [2.45, 2.75) is 24.8 Å². The van der Waals surface area contributed by atoms with Gasteiger partial charge in [-0.2, -0.15) is 0 Å². The molecule has 0 aromatic carbocycles. The maximum Gasteiger partial charge on any atom is 0.231 e. The second-order valence-electron chi connectivity index (χ2n) is 5.99. The van der Waals surface area contributed by atoms with Crippen molar-refractivity contribution in [1.29, 1.82) is 0 Å². The predicted octanol–water partition coefficient (Wildman–Crippen LogP) is 3.55. The van der Waals surface area contributed by atoms with Gasteiger partial charge in [0, 0.05) is 35.6 Å². The third kappa shape index (κ3) is 2.71. The first-order chi connectivity index (χ1) is 11.8. The Morgan fingerprint density at radius 1 is 1.17 bits per heavy atom. The van der Waals surface area contributed by atoms with Crippen molar-refractivity contribution in [2.75, 3.05) is 0 Å². The lowest BCUT2D eigenvalue weighted by molar-refractivity contribution is -0.123. The van der Waals surface area contributed by atoms with E-state index in [-0.39, 0.29) is 11.3 Å². The van der Waals surface area contributed by atoms with Crippen LogP contribution in [-0.2, 0) is 16.8 Å².